The second-order valence-corrected chi connectivity index (χ2v) is 12.4. The van der Waals surface area contributed by atoms with Crippen LogP contribution in [-0.2, 0) is 0 Å². The first-order valence-electron chi connectivity index (χ1n) is 13.4. The Bertz CT molecular complexity index is 648. The van der Waals surface area contributed by atoms with Crippen molar-refractivity contribution in [1.82, 2.24) is 0 Å². The molecule has 5 rings (SSSR count). The molecule has 174 valence electrons. The molecule has 0 heterocycles. The molecule has 4 fully saturated rings. The molecule has 0 amide bonds. The molecule has 0 spiro atoms. The number of benzene rings is 1. The largest absolute Gasteiger partial charge is 0.494 e. The molecular formula is C29H45BrO. The lowest BCUT2D eigenvalue weighted by molar-refractivity contribution is -0.0184. The molecule has 4 aliphatic rings. The fourth-order valence-corrected chi connectivity index (χ4v) is 8.33. The van der Waals surface area contributed by atoms with Crippen molar-refractivity contribution < 1.29 is 4.74 Å². The van der Waals surface area contributed by atoms with Crippen molar-refractivity contribution >= 4 is 15.9 Å². The number of fused-ring (bicyclic) bond motifs is 3. The van der Waals surface area contributed by atoms with Gasteiger partial charge in [-0.3, -0.25) is 0 Å². The van der Waals surface area contributed by atoms with Gasteiger partial charge in [0.1, 0.15) is 5.75 Å². The predicted molar refractivity (Wildman–Crippen MR) is 136 cm³/mol. The Morgan fingerprint density at radius 2 is 1.55 bits per heavy atom. The fraction of sp³-hybridized carbons (Fsp3) is 0.793. The molecule has 2 bridgehead atoms. The summed E-state index contributed by atoms with van der Waals surface area (Å²) < 4.78 is 5.85. The molecule has 1 aromatic rings. The first-order valence-corrected chi connectivity index (χ1v) is 14.4. The van der Waals surface area contributed by atoms with Gasteiger partial charge in [0.2, 0.25) is 0 Å². The van der Waals surface area contributed by atoms with Crippen LogP contribution in [0, 0.1) is 16.7 Å². The lowest BCUT2D eigenvalue weighted by Gasteiger charge is -2.56. The Morgan fingerprint density at radius 3 is 2.13 bits per heavy atom. The predicted octanol–water partition coefficient (Wildman–Crippen LogP) is 9.43. The molecule has 0 saturated heterocycles. The maximum absolute atomic E-state index is 5.85. The maximum Gasteiger partial charge on any atom is 0.119 e. The average Bonchev–Trinajstić information content (AvgIpc) is 2.81. The zero-order chi connectivity index (χ0) is 21.7. The van der Waals surface area contributed by atoms with Gasteiger partial charge in [0.25, 0.3) is 0 Å². The van der Waals surface area contributed by atoms with Crippen molar-refractivity contribution in [3.05, 3.63) is 29.8 Å². The molecule has 0 radical (unpaired) electrons. The molecule has 0 aliphatic heterocycles. The van der Waals surface area contributed by atoms with Crippen LogP contribution < -0.4 is 4.74 Å². The molecule has 31 heavy (non-hydrogen) atoms. The van der Waals surface area contributed by atoms with Crippen molar-refractivity contribution in [2.45, 2.75) is 121 Å². The second kappa shape index (κ2) is 10.6. The number of unbranched alkanes of at least 4 members (excludes halogenated alkanes) is 1. The van der Waals surface area contributed by atoms with E-state index in [1.807, 2.05) is 0 Å². The minimum Gasteiger partial charge on any atom is -0.494 e. The molecule has 1 unspecified atom stereocenters. The molecule has 4 aliphatic carbocycles. The van der Waals surface area contributed by atoms with E-state index in [9.17, 15) is 0 Å². The van der Waals surface area contributed by atoms with Crippen LogP contribution in [0.4, 0.5) is 0 Å². The number of alkyl halides is 1. The molecular weight excluding hydrogens is 444 g/mol. The first kappa shape index (κ1) is 23.7. The summed E-state index contributed by atoms with van der Waals surface area (Å²) in [5.74, 6) is 2.72. The van der Waals surface area contributed by atoms with Gasteiger partial charge >= 0.3 is 0 Å². The molecule has 2 heteroatoms. The monoisotopic (exact) mass is 488 g/mol. The van der Waals surface area contributed by atoms with Gasteiger partial charge in [-0.15, -0.1) is 0 Å². The highest BCUT2D eigenvalue weighted by Crippen LogP contribution is 2.62. The summed E-state index contributed by atoms with van der Waals surface area (Å²) in [6.07, 6.45) is 21.2. The van der Waals surface area contributed by atoms with Crippen LogP contribution in [0.1, 0.15) is 122 Å². The highest BCUT2D eigenvalue weighted by Gasteiger charge is 2.51. The van der Waals surface area contributed by atoms with Gasteiger partial charge in [0.05, 0.1) is 6.61 Å². The molecule has 4 saturated carbocycles. The number of hydrogen-bond acceptors (Lipinski definition) is 1. The van der Waals surface area contributed by atoms with Crippen molar-refractivity contribution in [1.29, 1.82) is 0 Å². The third kappa shape index (κ3) is 5.53. The van der Waals surface area contributed by atoms with Gasteiger partial charge in [-0.1, -0.05) is 54.8 Å². The van der Waals surface area contributed by atoms with E-state index >= 15 is 0 Å². The molecule has 0 aromatic heterocycles. The Labute approximate surface area is 200 Å². The average molecular weight is 490 g/mol. The lowest BCUT2D eigenvalue weighted by Crippen LogP contribution is -2.46. The van der Waals surface area contributed by atoms with E-state index in [0.717, 1.165) is 40.9 Å². The van der Waals surface area contributed by atoms with Crippen LogP contribution in [-0.4, -0.2) is 11.4 Å². The van der Waals surface area contributed by atoms with Crippen molar-refractivity contribution in [2.75, 3.05) is 6.61 Å². The number of hydrogen-bond donors (Lipinski definition) is 0. The van der Waals surface area contributed by atoms with E-state index in [1.54, 1.807) is 0 Å². The number of rotatable bonds is 10. The van der Waals surface area contributed by atoms with E-state index in [-0.39, 0.29) is 0 Å². The summed E-state index contributed by atoms with van der Waals surface area (Å²) in [7, 11) is 0. The van der Waals surface area contributed by atoms with Crippen molar-refractivity contribution in [3.63, 3.8) is 0 Å². The van der Waals surface area contributed by atoms with Crippen LogP contribution in [0.5, 0.6) is 5.75 Å². The van der Waals surface area contributed by atoms with E-state index in [2.05, 4.69) is 54.0 Å². The lowest BCUT2D eigenvalue weighted by atomic mass is 9.51. The summed E-state index contributed by atoms with van der Waals surface area (Å²) in [6.45, 7) is 5.43. The zero-order valence-corrected chi connectivity index (χ0v) is 21.7. The highest BCUT2D eigenvalue weighted by atomic mass is 79.9. The third-order valence-corrected chi connectivity index (χ3v) is 10.8. The van der Waals surface area contributed by atoms with Crippen LogP contribution in [0.2, 0.25) is 0 Å². The van der Waals surface area contributed by atoms with Crippen LogP contribution in [0.3, 0.4) is 0 Å². The topological polar surface area (TPSA) is 9.23 Å². The van der Waals surface area contributed by atoms with E-state index in [0.29, 0.717) is 5.41 Å². The standard InChI is InChI=1S/C29H45BrO/c1-3-5-21-31-26-12-10-25(11-13-26)24-8-6-23(7-9-24)22-27(30)29-18-15-28(14-4-2,16-19-29)17-20-29/h10-13,23-24,27H,3-9,14-22H2,1-2H3/t23-,24-,27?,28?,29?. The van der Waals surface area contributed by atoms with Crippen LogP contribution in [0.15, 0.2) is 24.3 Å². The van der Waals surface area contributed by atoms with Crippen LogP contribution >= 0.6 is 15.9 Å². The summed E-state index contributed by atoms with van der Waals surface area (Å²) >= 11 is 4.25. The van der Waals surface area contributed by atoms with Gasteiger partial charge in [-0.2, -0.15) is 0 Å². The molecule has 1 atom stereocenters. The quantitative estimate of drug-likeness (QED) is 0.235. The minimum atomic E-state index is 0.625. The summed E-state index contributed by atoms with van der Waals surface area (Å²) in [6, 6.07) is 9.03. The number of halogens is 1. The smallest absolute Gasteiger partial charge is 0.119 e. The summed E-state index contributed by atoms with van der Waals surface area (Å²) in [5, 5.41) is 0. The Balaban J connectivity index is 1.23. The summed E-state index contributed by atoms with van der Waals surface area (Å²) in [4.78, 5) is 0.751. The van der Waals surface area contributed by atoms with Crippen molar-refractivity contribution in [3.8, 4) is 5.75 Å². The minimum absolute atomic E-state index is 0.625. The highest BCUT2D eigenvalue weighted by molar-refractivity contribution is 9.09. The van der Waals surface area contributed by atoms with Gasteiger partial charge in [-0.05, 0) is 124 Å². The van der Waals surface area contributed by atoms with E-state index in [1.165, 1.54) is 95.5 Å². The summed E-state index contributed by atoms with van der Waals surface area (Å²) in [5.41, 5.74) is 2.89. The Morgan fingerprint density at radius 1 is 0.903 bits per heavy atom. The fourth-order valence-electron chi connectivity index (χ4n) is 7.11. The molecule has 1 nitrogen and oxygen atoms in total. The van der Waals surface area contributed by atoms with Gasteiger partial charge in [0, 0.05) is 4.83 Å². The zero-order valence-electron chi connectivity index (χ0n) is 20.1. The van der Waals surface area contributed by atoms with Gasteiger partial charge in [0.15, 0.2) is 0 Å². The van der Waals surface area contributed by atoms with Gasteiger partial charge < -0.3 is 4.74 Å². The van der Waals surface area contributed by atoms with E-state index in [4.69, 9.17) is 4.74 Å². The normalized spacial score (nSPS) is 33.9. The molecule has 1 aromatic carbocycles. The van der Waals surface area contributed by atoms with Crippen LogP contribution in [0.25, 0.3) is 0 Å². The Hall–Kier alpha value is -0.500. The first-order chi connectivity index (χ1) is 15.1. The third-order valence-electron chi connectivity index (χ3n) is 9.41. The van der Waals surface area contributed by atoms with Gasteiger partial charge in [-0.25, -0.2) is 0 Å². The maximum atomic E-state index is 5.85. The van der Waals surface area contributed by atoms with Crippen molar-refractivity contribution in [2.24, 2.45) is 16.7 Å². The molecule has 0 N–H and O–H groups in total. The van der Waals surface area contributed by atoms with E-state index < -0.39 is 0 Å². The Kier molecular flexibility index (Phi) is 8.10. The second-order valence-electron chi connectivity index (χ2n) is 11.3. The SMILES string of the molecule is CCCCOc1ccc([C@H]2CC[C@H](CC(Br)C34CCC(CCC)(CC3)CC4)CC2)cc1. The number of ether oxygens (including phenoxy) is 1.